The zero-order chi connectivity index (χ0) is 12.4. The number of carbonyl (C=O) groups excluding carboxylic acids is 2. The third-order valence-electron chi connectivity index (χ3n) is 2.26. The third kappa shape index (κ3) is 7.68. The van der Waals surface area contributed by atoms with Crippen molar-refractivity contribution in [1.29, 1.82) is 0 Å². The van der Waals surface area contributed by atoms with Crippen LogP contribution in [-0.4, -0.2) is 35.1 Å². The van der Waals surface area contributed by atoms with Crippen molar-refractivity contribution in [2.75, 3.05) is 18.4 Å². The molecule has 0 unspecified atom stereocenters. The topological polar surface area (TPSA) is 63.4 Å². The predicted molar refractivity (Wildman–Crippen MR) is 68.3 cm³/mol. The van der Waals surface area contributed by atoms with Crippen molar-refractivity contribution in [3.05, 3.63) is 0 Å². The number of nitrogens with two attached hydrogens (primary N) is 1. The molecule has 0 spiro atoms. The average Bonchev–Trinajstić information content (AvgIpc) is 2.23. The molecule has 0 aromatic heterocycles. The molecule has 4 nitrogen and oxygen atoms in total. The summed E-state index contributed by atoms with van der Waals surface area (Å²) in [4.78, 5) is 24.2. The zero-order valence-electron chi connectivity index (χ0n) is 9.88. The predicted octanol–water partition coefficient (Wildman–Crippen LogP) is 1.67. The first-order valence-corrected chi connectivity index (χ1v) is 6.86. The van der Waals surface area contributed by atoms with Crippen molar-refractivity contribution in [2.24, 2.45) is 5.73 Å². The minimum absolute atomic E-state index is 0.0354. The van der Waals surface area contributed by atoms with Gasteiger partial charge in [-0.2, -0.15) is 0 Å². The number of unbranched alkanes of at least 4 members (excludes halogenated alkanes) is 2. The van der Waals surface area contributed by atoms with E-state index in [-0.39, 0.29) is 12.5 Å². The molecule has 0 aliphatic rings. The summed E-state index contributed by atoms with van der Waals surface area (Å²) >= 11 is 3.32. The van der Waals surface area contributed by atoms with E-state index in [2.05, 4.69) is 22.9 Å². The monoisotopic (exact) mass is 292 g/mol. The van der Waals surface area contributed by atoms with Gasteiger partial charge in [0.25, 0.3) is 0 Å². The number of hydrogen-bond acceptors (Lipinski definition) is 2. The number of alkyl halides is 1. The number of primary amides is 1. The highest BCUT2D eigenvalue weighted by Crippen LogP contribution is 2.04. The van der Waals surface area contributed by atoms with Crippen molar-refractivity contribution in [2.45, 2.75) is 39.0 Å². The zero-order valence-corrected chi connectivity index (χ0v) is 11.5. The van der Waals surface area contributed by atoms with Crippen molar-refractivity contribution in [1.82, 2.24) is 4.90 Å². The van der Waals surface area contributed by atoms with Gasteiger partial charge in [0.05, 0.1) is 6.54 Å². The van der Waals surface area contributed by atoms with Crippen LogP contribution >= 0.6 is 15.9 Å². The van der Waals surface area contributed by atoms with E-state index in [9.17, 15) is 9.59 Å². The van der Waals surface area contributed by atoms with Gasteiger partial charge in [0.1, 0.15) is 0 Å². The molecule has 0 aliphatic heterocycles. The van der Waals surface area contributed by atoms with Gasteiger partial charge in [0, 0.05) is 18.3 Å². The molecule has 2 amide bonds. The van der Waals surface area contributed by atoms with Crippen LogP contribution in [0.3, 0.4) is 0 Å². The van der Waals surface area contributed by atoms with Gasteiger partial charge in [-0.25, -0.2) is 0 Å². The smallest absolute Gasteiger partial charge is 0.237 e. The normalized spacial score (nSPS) is 10.1. The van der Waals surface area contributed by atoms with E-state index in [1.54, 1.807) is 4.90 Å². The fraction of sp³-hybridized carbons (Fsp3) is 0.818. The van der Waals surface area contributed by atoms with Gasteiger partial charge in [0.2, 0.25) is 11.8 Å². The van der Waals surface area contributed by atoms with E-state index >= 15 is 0 Å². The molecule has 0 saturated heterocycles. The molecule has 0 saturated carbocycles. The van der Waals surface area contributed by atoms with Crippen molar-refractivity contribution < 1.29 is 9.59 Å². The molecular formula is C11H21BrN2O2. The maximum absolute atomic E-state index is 11.8. The van der Waals surface area contributed by atoms with Gasteiger partial charge in [-0.1, -0.05) is 29.3 Å². The van der Waals surface area contributed by atoms with Crippen LogP contribution < -0.4 is 5.73 Å². The van der Waals surface area contributed by atoms with E-state index in [1.165, 1.54) is 0 Å². The van der Waals surface area contributed by atoms with Gasteiger partial charge >= 0.3 is 0 Å². The van der Waals surface area contributed by atoms with Crippen LogP contribution in [0.25, 0.3) is 0 Å². The molecule has 94 valence electrons. The number of amides is 2. The Morgan fingerprint density at radius 1 is 1.25 bits per heavy atom. The number of halogens is 1. The third-order valence-corrected chi connectivity index (χ3v) is 2.82. The Morgan fingerprint density at radius 3 is 2.44 bits per heavy atom. The summed E-state index contributed by atoms with van der Waals surface area (Å²) in [5, 5.41) is 0.908. The van der Waals surface area contributed by atoms with Gasteiger partial charge in [-0.3, -0.25) is 9.59 Å². The number of nitrogens with zero attached hydrogens (tertiary/aromatic N) is 1. The van der Waals surface area contributed by atoms with Crippen LogP contribution in [0.2, 0.25) is 0 Å². The largest absolute Gasteiger partial charge is 0.368 e. The Hall–Kier alpha value is -0.580. The summed E-state index contributed by atoms with van der Waals surface area (Å²) in [6, 6.07) is 0. The summed E-state index contributed by atoms with van der Waals surface area (Å²) < 4.78 is 0. The minimum atomic E-state index is -0.440. The Bertz CT molecular complexity index is 222. The highest BCUT2D eigenvalue weighted by Gasteiger charge is 2.14. The van der Waals surface area contributed by atoms with E-state index in [0.29, 0.717) is 13.0 Å². The summed E-state index contributed by atoms with van der Waals surface area (Å²) in [5.41, 5.74) is 5.12. The number of hydrogen-bond donors (Lipinski definition) is 1. The van der Waals surface area contributed by atoms with Crippen LogP contribution in [0.4, 0.5) is 0 Å². The second kappa shape index (κ2) is 9.63. The van der Waals surface area contributed by atoms with E-state index in [0.717, 1.165) is 31.0 Å². The van der Waals surface area contributed by atoms with E-state index < -0.39 is 5.91 Å². The van der Waals surface area contributed by atoms with Crippen LogP contribution in [0.15, 0.2) is 0 Å². The highest BCUT2D eigenvalue weighted by molar-refractivity contribution is 9.09. The molecule has 0 rings (SSSR count). The Balaban J connectivity index is 4.04. The van der Waals surface area contributed by atoms with Crippen molar-refractivity contribution in [3.63, 3.8) is 0 Å². The van der Waals surface area contributed by atoms with Crippen molar-refractivity contribution >= 4 is 27.7 Å². The fourth-order valence-corrected chi connectivity index (χ4v) is 1.75. The Labute approximate surface area is 106 Å². The molecule has 2 N–H and O–H groups in total. The lowest BCUT2D eigenvalue weighted by molar-refractivity contribution is -0.135. The van der Waals surface area contributed by atoms with Gasteiger partial charge in [0.15, 0.2) is 0 Å². The van der Waals surface area contributed by atoms with Crippen molar-refractivity contribution in [3.8, 4) is 0 Å². The number of rotatable bonds is 9. The molecule has 0 atom stereocenters. The molecule has 0 heterocycles. The van der Waals surface area contributed by atoms with Crippen LogP contribution in [-0.2, 0) is 9.59 Å². The van der Waals surface area contributed by atoms with Crippen LogP contribution in [0.5, 0.6) is 0 Å². The standard InChI is InChI=1S/C11H21BrN2O2/c1-2-3-8-14(9-10(13)15)11(16)6-4-5-7-12/h2-9H2,1H3,(H2,13,15). The minimum Gasteiger partial charge on any atom is -0.368 e. The molecule has 0 fully saturated rings. The SMILES string of the molecule is CCCCN(CC(N)=O)C(=O)CCCCBr. The lowest BCUT2D eigenvalue weighted by atomic mass is 10.2. The Kier molecular flexibility index (Phi) is 9.28. The van der Waals surface area contributed by atoms with Gasteiger partial charge in [-0.05, 0) is 19.3 Å². The van der Waals surface area contributed by atoms with Gasteiger partial charge < -0.3 is 10.6 Å². The molecule has 5 heteroatoms. The highest BCUT2D eigenvalue weighted by atomic mass is 79.9. The first-order chi connectivity index (χ1) is 7.61. The summed E-state index contributed by atoms with van der Waals surface area (Å²) in [7, 11) is 0. The lowest BCUT2D eigenvalue weighted by Gasteiger charge is -2.20. The second-order valence-electron chi connectivity index (χ2n) is 3.78. The first kappa shape index (κ1) is 15.4. The average molecular weight is 293 g/mol. The maximum atomic E-state index is 11.8. The first-order valence-electron chi connectivity index (χ1n) is 5.73. The van der Waals surface area contributed by atoms with E-state index in [4.69, 9.17) is 5.73 Å². The molecule has 0 aromatic rings. The van der Waals surface area contributed by atoms with Crippen LogP contribution in [0, 0.1) is 0 Å². The molecule has 0 bridgehead atoms. The number of carbonyl (C=O) groups is 2. The summed E-state index contributed by atoms with van der Waals surface area (Å²) in [6.07, 6.45) is 4.25. The summed E-state index contributed by atoms with van der Waals surface area (Å²) in [6.45, 7) is 2.73. The molecule has 0 aliphatic carbocycles. The quantitative estimate of drug-likeness (QED) is 0.519. The van der Waals surface area contributed by atoms with E-state index in [1.807, 2.05) is 0 Å². The molecule has 0 aromatic carbocycles. The second-order valence-corrected chi connectivity index (χ2v) is 4.57. The van der Waals surface area contributed by atoms with Gasteiger partial charge in [-0.15, -0.1) is 0 Å². The molecular weight excluding hydrogens is 272 g/mol. The summed E-state index contributed by atoms with van der Waals surface area (Å²) in [5.74, 6) is -0.404. The lowest BCUT2D eigenvalue weighted by Crippen LogP contribution is -2.38. The fourth-order valence-electron chi connectivity index (χ4n) is 1.36. The van der Waals surface area contributed by atoms with Crippen LogP contribution in [0.1, 0.15) is 39.0 Å². The Morgan fingerprint density at radius 2 is 1.94 bits per heavy atom. The molecule has 0 radical (unpaired) electrons. The maximum Gasteiger partial charge on any atom is 0.237 e. The molecule has 16 heavy (non-hydrogen) atoms.